The van der Waals surface area contributed by atoms with E-state index in [1.807, 2.05) is 18.2 Å². The standard InChI is InChI=1S/C28H34N6O4/c29-13-20-11-21-5-6-25(34(21)33-14-20)24-12-23(30-10-4-9-28(37)7-2-1-3-8-28)22(15-31-24)26(36)32-16-27(17-35)18-38-19-27/h5-6,11-12,14-15,35,37H,1-4,7-10,16-19H2,(H,30,31)(H,32,36). The average Bonchev–Trinajstić information content (AvgIpc) is 3.34. The van der Waals surface area contributed by atoms with Crippen molar-refractivity contribution in [3.63, 3.8) is 0 Å². The number of anilines is 1. The Kier molecular flexibility index (Phi) is 7.61. The van der Waals surface area contributed by atoms with E-state index in [4.69, 9.17) is 4.74 Å². The van der Waals surface area contributed by atoms with Crippen LogP contribution in [0.1, 0.15) is 60.9 Å². The minimum absolute atomic E-state index is 0.0553. The van der Waals surface area contributed by atoms with Gasteiger partial charge in [0.05, 0.1) is 70.8 Å². The van der Waals surface area contributed by atoms with E-state index in [0.29, 0.717) is 55.2 Å². The molecule has 0 atom stereocenters. The number of ether oxygens (including phenoxy) is 1. The van der Waals surface area contributed by atoms with E-state index in [1.54, 1.807) is 16.8 Å². The molecule has 1 amide bonds. The lowest BCUT2D eigenvalue weighted by Crippen LogP contribution is -2.53. The van der Waals surface area contributed by atoms with E-state index in [0.717, 1.165) is 43.3 Å². The molecular weight excluding hydrogens is 484 g/mol. The summed E-state index contributed by atoms with van der Waals surface area (Å²) >= 11 is 0. The van der Waals surface area contributed by atoms with Gasteiger partial charge in [-0.15, -0.1) is 0 Å². The van der Waals surface area contributed by atoms with Crippen LogP contribution >= 0.6 is 0 Å². The zero-order valence-corrected chi connectivity index (χ0v) is 21.4. The van der Waals surface area contributed by atoms with Gasteiger partial charge in [0.15, 0.2) is 0 Å². The third-order valence-electron chi connectivity index (χ3n) is 7.73. The van der Waals surface area contributed by atoms with E-state index in [-0.39, 0.29) is 12.5 Å². The fraction of sp³-hybridized carbons (Fsp3) is 0.500. The number of aliphatic hydroxyl groups is 2. The molecule has 0 unspecified atom stereocenters. The number of hydrogen-bond acceptors (Lipinski definition) is 8. The van der Waals surface area contributed by atoms with Crippen LogP contribution in [0.3, 0.4) is 0 Å². The molecule has 1 aliphatic heterocycles. The fourth-order valence-electron chi connectivity index (χ4n) is 5.28. The second-order valence-corrected chi connectivity index (χ2v) is 10.7. The van der Waals surface area contributed by atoms with E-state index in [9.17, 15) is 20.3 Å². The molecule has 0 spiro atoms. The number of hydrogen-bond donors (Lipinski definition) is 4. The van der Waals surface area contributed by atoms with Crippen LogP contribution < -0.4 is 10.6 Å². The number of aromatic nitrogens is 3. The topological polar surface area (TPSA) is 145 Å². The Hall–Kier alpha value is -3.52. The Morgan fingerprint density at radius 3 is 2.71 bits per heavy atom. The highest BCUT2D eigenvalue weighted by atomic mass is 16.5. The molecule has 0 aromatic carbocycles. The third-order valence-corrected chi connectivity index (χ3v) is 7.73. The molecule has 10 nitrogen and oxygen atoms in total. The summed E-state index contributed by atoms with van der Waals surface area (Å²) in [6.07, 6.45) is 9.55. The zero-order valence-electron chi connectivity index (χ0n) is 21.4. The number of fused-ring (bicyclic) bond motifs is 1. The number of carbonyl (C=O) groups excluding carboxylic acids is 1. The van der Waals surface area contributed by atoms with Crippen molar-refractivity contribution in [2.24, 2.45) is 5.41 Å². The second-order valence-electron chi connectivity index (χ2n) is 10.7. The first-order valence-electron chi connectivity index (χ1n) is 13.3. The van der Waals surface area contributed by atoms with Gasteiger partial charge in [0.2, 0.25) is 0 Å². The largest absolute Gasteiger partial charge is 0.396 e. The van der Waals surface area contributed by atoms with Gasteiger partial charge in [0.1, 0.15) is 6.07 Å². The van der Waals surface area contributed by atoms with Crippen LogP contribution in [-0.4, -0.2) is 69.2 Å². The van der Waals surface area contributed by atoms with Crippen molar-refractivity contribution in [3.8, 4) is 17.5 Å². The Balaban J connectivity index is 1.36. The number of pyridine rings is 1. The van der Waals surface area contributed by atoms with Crippen LogP contribution in [0.5, 0.6) is 0 Å². The summed E-state index contributed by atoms with van der Waals surface area (Å²) in [7, 11) is 0. The molecule has 0 radical (unpaired) electrons. The van der Waals surface area contributed by atoms with Crippen molar-refractivity contribution >= 4 is 17.1 Å². The van der Waals surface area contributed by atoms with Gasteiger partial charge < -0.3 is 25.6 Å². The number of carbonyl (C=O) groups is 1. The van der Waals surface area contributed by atoms with Crippen LogP contribution in [-0.2, 0) is 4.74 Å². The van der Waals surface area contributed by atoms with Crippen molar-refractivity contribution in [2.75, 3.05) is 38.2 Å². The van der Waals surface area contributed by atoms with Gasteiger partial charge in [-0.05, 0) is 49.9 Å². The van der Waals surface area contributed by atoms with Crippen molar-refractivity contribution in [2.45, 2.75) is 50.5 Å². The molecule has 0 bridgehead atoms. The average molecular weight is 519 g/mol. The molecule has 3 aromatic rings. The van der Waals surface area contributed by atoms with Crippen molar-refractivity contribution in [1.29, 1.82) is 5.26 Å². The van der Waals surface area contributed by atoms with Crippen LogP contribution in [0, 0.1) is 16.7 Å². The van der Waals surface area contributed by atoms with Crippen LogP contribution in [0.25, 0.3) is 16.9 Å². The summed E-state index contributed by atoms with van der Waals surface area (Å²) in [5.74, 6) is -0.283. The Labute approximate surface area is 221 Å². The molecule has 4 N–H and O–H groups in total. The van der Waals surface area contributed by atoms with Gasteiger partial charge >= 0.3 is 0 Å². The first-order chi connectivity index (χ1) is 18.4. The number of aliphatic hydroxyl groups excluding tert-OH is 1. The summed E-state index contributed by atoms with van der Waals surface area (Å²) < 4.78 is 6.95. The van der Waals surface area contributed by atoms with Gasteiger partial charge in [0.25, 0.3) is 5.91 Å². The van der Waals surface area contributed by atoms with Crippen LogP contribution in [0.2, 0.25) is 0 Å². The van der Waals surface area contributed by atoms with Crippen molar-refractivity contribution in [1.82, 2.24) is 19.9 Å². The molecule has 10 heteroatoms. The first-order valence-corrected chi connectivity index (χ1v) is 13.3. The Morgan fingerprint density at radius 2 is 2.00 bits per heavy atom. The predicted molar refractivity (Wildman–Crippen MR) is 142 cm³/mol. The molecule has 200 valence electrons. The molecule has 1 saturated heterocycles. The molecule has 5 rings (SSSR count). The summed E-state index contributed by atoms with van der Waals surface area (Å²) in [5, 5.41) is 40.5. The van der Waals surface area contributed by atoms with E-state index < -0.39 is 11.0 Å². The maximum absolute atomic E-state index is 13.2. The van der Waals surface area contributed by atoms with Gasteiger partial charge in [-0.1, -0.05) is 19.3 Å². The number of nitrogens with zero attached hydrogens (tertiary/aromatic N) is 4. The lowest BCUT2D eigenvalue weighted by atomic mass is 9.82. The van der Waals surface area contributed by atoms with Gasteiger partial charge in [-0.2, -0.15) is 10.4 Å². The van der Waals surface area contributed by atoms with Crippen molar-refractivity contribution < 1.29 is 19.7 Å². The molecular formula is C28H34N6O4. The summed E-state index contributed by atoms with van der Waals surface area (Å²) in [4.78, 5) is 17.7. The minimum atomic E-state index is -0.591. The highest BCUT2D eigenvalue weighted by Crippen LogP contribution is 2.32. The Morgan fingerprint density at radius 1 is 1.18 bits per heavy atom. The van der Waals surface area contributed by atoms with Crippen LogP contribution in [0.4, 0.5) is 5.69 Å². The SMILES string of the molecule is N#Cc1cnn2c(-c3cc(NCCCC4(O)CCCCC4)c(C(=O)NCC4(CO)COC4)cn3)ccc2c1. The molecule has 2 fully saturated rings. The van der Waals surface area contributed by atoms with Crippen molar-refractivity contribution in [3.05, 3.63) is 47.8 Å². The molecule has 4 heterocycles. The lowest BCUT2D eigenvalue weighted by Gasteiger charge is -2.39. The fourth-order valence-corrected chi connectivity index (χ4v) is 5.28. The minimum Gasteiger partial charge on any atom is -0.396 e. The smallest absolute Gasteiger partial charge is 0.254 e. The highest BCUT2D eigenvalue weighted by Gasteiger charge is 2.38. The molecule has 1 aliphatic carbocycles. The third kappa shape index (κ3) is 5.50. The van der Waals surface area contributed by atoms with Gasteiger partial charge in [-0.25, -0.2) is 4.52 Å². The predicted octanol–water partition coefficient (Wildman–Crippen LogP) is 2.89. The lowest BCUT2D eigenvalue weighted by molar-refractivity contribution is -0.133. The Bertz CT molecular complexity index is 1330. The highest BCUT2D eigenvalue weighted by molar-refractivity contribution is 6.00. The zero-order chi connectivity index (χ0) is 26.6. The molecule has 1 saturated carbocycles. The van der Waals surface area contributed by atoms with Crippen LogP contribution in [0.15, 0.2) is 36.7 Å². The molecule has 2 aliphatic rings. The second kappa shape index (κ2) is 11.1. The van der Waals surface area contributed by atoms with E-state index in [1.165, 1.54) is 12.6 Å². The summed E-state index contributed by atoms with van der Waals surface area (Å²) in [5.41, 5.74) is 2.62. The summed E-state index contributed by atoms with van der Waals surface area (Å²) in [6, 6.07) is 9.45. The molecule has 3 aromatic heterocycles. The maximum atomic E-state index is 13.2. The first kappa shape index (κ1) is 26.1. The number of rotatable bonds is 10. The number of amides is 1. The quantitative estimate of drug-likeness (QED) is 0.300. The van der Waals surface area contributed by atoms with Gasteiger partial charge in [0, 0.05) is 19.3 Å². The summed E-state index contributed by atoms with van der Waals surface area (Å²) in [6.45, 7) is 1.68. The monoisotopic (exact) mass is 518 g/mol. The normalized spacial score (nSPS) is 17.9. The van der Waals surface area contributed by atoms with E-state index in [2.05, 4.69) is 26.8 Å². The van der Waals surface area contributed by atoms with Gasteiger partial charge in [-0.3, -0.25) is 9.78 Å². The van der Waals surface area contributed by atoms with E-state index >= 15 is 0 Å². The maximum Gasteiger partial charge on any atom is 0.254 e. The number of nitrogens with one attached hydrogen (secondary N) is 2. The molecule has 38 heavy (non-hydrogen) atoms. The number of nitriles is 1.